The molecule has 76 valence electrons. The Morgan fingerprint density at radius 2 is 2.27 bits per heavy atom. The summed E-state index contributed by atoms with van der Waals surface area (Å²) < 4.78 is 0. The number of rotatable bonds is 2. The third-order valence-corrected chi connectivity index (χ3v) is 2.41. The number of nitrogen functional groups attached to an aromatic ring is 1. The van der Waals surface area contributed by atoms with Crippen LogP contribution in [0.2, 0.25) is 0 Å². The molecule has 0 radical (unpaired) electrons. The van der Waals surface area contributed by atoms with Crippen LogP contribution in [-0.2, 0) is 0 Å². The molecule has 0 amide bonds. The highest BCUT2D eigenvalue weighted by Crippen LogP contribution is 2.20. The quantitative estimate of drug-likeness (QED) is 0.782. The van der Waals surface area contributed by atoms with Crippen molar-refractivity contribution in [3.8, 4) is 10.7 Å². The number of carbonyl (C=O) groups is 1. The molecule has 2 aromatic rings. The first kappa shape index (κ1) is 9.53. The summed E-state index contributed by atoms with van der Waals surface area (Å²) in [5.41, 5.74) is 5.69. The van der Waals surface area contributed by atoms with Crippen LogP contribution in [0.15, 0.2) is 17.6 Å². The molecule has 0 aliphatic rings. The van der Waals surface area contributed by atoms with Crippen LogP contribution in [0.5, 0.6) is 0 Å². The zero-order valence-electron chi connectivity index (χ0n) is 7.41. The molecule has 15 heavy (non-hydrogen) atoms. The van der Waals surface area contributed by atoms with Gasteiger partial charge in [0.2, 0.25) is 5.95 Å². The topological polar surface area (TPSA) is 102 Å². The van der Waals surface area contributed by atoms with Crippen molar-refractivity contribution < 1.29 is 9.90 Å². The Kier molecular flexibility index (Phi) is 2.30. The average Bonchev–Trinajstić information content (AvgIpc) is 2.69. The van der Waals surface area contributed by atoms with Gasteiger partial charge in [0.25, 0.3) is 0 Å². The fraction of sp³-hybridized carbons (Fsp3) is 0. The van der Waals surface area contributed by atoms with Crippen molar-refractivity contribution >= 4 is 23.3 Å². The summed E-state index contributed by atoms with van der Waals surface area (Å²) in [7, 11) is 0. The summed E-state index contributed by atoms with van der Waals surface area (Å²) in [4.78, 5) is 22.2. The van der Waals surface area contributed by atoms with Gasteiger partial charge in [0.05, 0.1) is 0 Å². The number of anilines is 1. The number of hydrogen-bond donors (Lipinski definition) is 2. The van der Waals surface area contributed by atoms with Crippen LogP contribution < -0.4 is 5.73 Å². The van der Waals surface area contributed by atoms with Gasteiger partial charge in [-0.2, -0.15) is 0 Å². The van der Waals surface area contributed by atoms with Gasteiger partial charge in [0.1, 0.15) is 10.7 Å². The largest absolute Gasteiger partial charge is 0.477 e. The van der Waals surface area contributed by atoms with E-state index >= 15 is 0 Å². The lowest BCUT2D eigenvalue weighted by Crippen LogP contribution is -2.05. The molecule has 2 rings (SSSR count). The van der Waals surface area contributed by atoms with Crippen molar-refractivity contribution in [1.29, 1.82) is 0 Å². The van der Waals surface area contributed by atoms with E-state index in [1.807, 2.05) is 0 Å². The van der Waals surface area contributed by atoms with Crippen LogP contribution in [0.1, 0.15) is 10.5 Å². The molecular weight excluding hydrogens is 216 g/mol. The molecule has 0 fully saturated rings. The summed E-state index contributed by atoms with van der Waals surface area (Å²) in [5.74, 6) is -1.21. The van der Waals surface area contributed by atoms with E-state index in [2.05, 4.69) is 15.0 Å². The lowest BCUT2D eigenvalue weighted by molar-refractivity contribution is 0.0690. The van der Waals surface area contributed by atoms with Crippen LogP contribution in [0, 0.1) is 0 Å². The number of aromatic nitrogens is 3. The van der Waals surface area contributed by atoms with Crippen molar-refractivity contribution in [1.82, 2.24) is 15.0 Å². The smallest absolute Gasteiger partial charge is 0.354 e. The number of hydrogen-bond acceptors (Lipinski definition) is 6. The van der Waals surface area contributed by atoms with E-state index in [0.29, 0.717) is 10.7 Å². The maximum absolute atomic E-state index is 10.7. The molecule has 0 spiro atoms. The van der Waals surface area contributed by atoms with Crippen LogP contribution in [-0.4, -0.2) is 26.0 Å². The van der Waals surface area contributed by atoms with Crippen molar-refractivity contribution in [3.63, 3.8) is 0 Å². The predicted octanol–water partition coefficient (Wildman–Crippen LogP) is 0.880. The molecule has 2 aromatic heterocycles. The second-order valence-corrected chi connectivity index (χ2v) is 3.53. The second kappa shape index (κ2) is 3.62. The normalized spacial score (nSPS) is 10.1. The lowest BCUT2D eigenvalue weighted by atomic mass is 10.3. The van der Waals surface area contributed by atoms with Gasteiger partial charge in [-0.15, -0.1) is 11.3 Å². The number of carboxylic acid groups (broad SMARTS) is 1. The number of nitrogens with zero attached hydrogens (tertiary/aromatic N) is 3. The van der Waals surface area contributed by atoms with Crippen molar-refractivity contribution in [2.75, 3.05) is 5.73 Å². The van der Waals surface area contributed by atoms with Crippen LogP contribution in [0.25, 0.3) is 10.7 Å². The summed E-state index contributed by atoms with van der Waals surface area (Å²) in [6.07, 6.45) is 1.61. The fourth-order valence-corrected chi connectivity index (χ4v) is 1.63. The Hall–Kier alpha value is -2.02. The third kappa shape index (κ3) is 1.91. The summed E-state index contributed by atoms with van der Waals surface area (Å²) in [6, 6.07) is 1.34. The molecule has 7 heteroatoms. The molecule has 3 N–H and O–H groups in total. The molecule has 2 heterocycles. The first-order valence-corrected chi connectivity index (χ1v) is 4.82. The molecule has 0 bridgehead atoms. The van der Waals surface area contributed by atoms with Gasteiger partial charge in [0, 0.05) is 17.6 Å². The van der Waals surface area contributed by atoms with Crippen molar-refractivity contribution in [2.45, 2.75) is 0 Å². The van der Waals surface area contributed by atoms with Gasteiger partial charge in [0.15, 0.2) is 5.69 Å². The van der Waals surface area contributed by atoms with Crippen molar-refractivity contribution in [3.05, 3.63) is 23.3 Å². The molecule has 0 unspecified atom stereocenters. The SMILES string of the molecule is Nc1nc(C(=O)O)cc(-c2nccs2)n1. The number of aromatic carboxylic acids is 1. The molecule has 0 saturated carbocycles. The summed E-state index contributed by atoms with van der Waals surface area (Å²) >= 11 is 1.36. The average molecular weight is 222 g/mol. The Morgan fingerprint density at radius 1 is 1.47 bits per heavy atom. The number of nitrogens with two attached hydrogens (primary N) is 1. The van der Waals surface area contributed by atoms with E-state index in [1.165, 1.54) is 17.4 Å². The molecule has 6 nitrogen and oxygen atoms in total. The van der Waals surface area contributed by atoms with Gasteiger partial charge in [-0.05, 0) is 0 Å². The highest BCUT2D eigenvalue weighted by Gasteiger charge is 2.11. The number of carboxylic acids is 1. The van der Waals surface area contributed by atoms with E-state index in [-0.39, 0.29) is 11.6 Å². The predicted molar refractivity (Wildman–Crippen MR) is 54.5 cm³/mol. The maximum Gasteiger partial charge on any atom is 0.354 e. The molecule has 0 saturated heterocycles. The van der Waals surface area contributed by atoms with E-state index < -0.39 is 5.97 Å². The van der Waals surface area contributed by atoms with E-state index in [4.69, 9.17) is 10.8 Å². The highest BCUT2D eigenvalue weighted by atomic mass is 32.1. The second-order valence-electron chi connectivity index (χ2n) is 2.64. The minimum absolute atomic E-state index is 0.0694. The standard InChI is InChI=1S/C8H6N4O2S/c9-8-11-4(6-10-1-2-15-6)3-5(12-8)7(13)14/h1-3H,(H,13,14)(H2,9,11,12). The molecule has 0 aromatic carbocycles. The minimum Gasteiger partial charge on any atom is -0.477 e. The fourth-order valence-electron chi connectivity index (χ4n) is 1.03. The highest BCUT2D eigenvalue weighted by molar-refractivity contribution is 7.13. The lowest BCUT2D eigenvalue weighted by Gasteiger charge is -1.99. The zero-order valence-corrected chi connectivity index (χ0v) is 8.23. The third-order valence-electron chi connectivity index (χ3n) is 1.61. The molecule has 0 aliphatic carbocycles. The first-order valence-electron chi connectivity index (χ1n) is 3.94. The van der Waals surface area contributed by atoms with E-state index in [1.54, 1.807) is 11.6 Å². The Morgan fingerprint density at radius 3 is 2.87 bits per heavy atom. The van der Waals surface area contributed by atoms with E-state index in [9.17, 15) is 4.79 Å². The Bertz CT molecular complexity index is 497. The van der Waals surface area contributed by atoms with Gasteiger partial charge < -0.3 is 10.8 Å². The zero-order chi connectivity index (χ0) is 10.8. The maximum atomic E-state index is 10.7. The van der Waals surface area contributed by atoms with Gasteiger partial charge >= 0.3 is 5.97 Å². The Labute approximate surface area is 88.4 Å². The Balaban J connectivity index is 2.54. The van der Waals surface area contributed by atoms with Gasteiger partial charge in [-0.3, -0.25) is 0 Å². The van der Waals surface area contributed by atoms with Gasteiger partial charge in [-0.25, -0.2) is 19.7 Å². The van der Waals surface area contributed by atoms with Crippen LogP contribution >= 0.6 is 11.3 Å². The van der Waals surface area contributed by atoms with Crippen LogP contribution in [0.4, 0.5) is 5.95 Å². The molecular formula is C8H6N4O2S. The summed E-state index contributed by atoms with van der Waals surface area (Å²) in [5, 5.41) is 11.2. The van der Waals surface area contributed by atoms with Crippen LogP contribution in [0.3, 0.4) is 0 Å². The molecule has 0 atom stereocenters. The first-order chi connectivity index (χ1) is 7.16. The van der Waals surface area contributed by atoms with E-state index in [0.717, 1.165) is 0 Å². The number of thiazole rings is 1. The van der Waals surface area contributed by atoms with Gasteiger partial charge in [-0.1, -0.05) is 0 Å². The van der Waals surface area contributed by atoms with Crippen molar-refractivity contribution in [2.24, 2.45) is 0 Å². The molecule has 0 aliphatic heterocycles. The minimum atomic E-state index is -1.14. The monoisotopic (exact) mass is 222 g/mol. The summed E-state index contributed by atoms with van der Waals surface area (Å²) in [6.45, 7) is 0.